The molecule has 0 aromatic heterocycles. The quantitative estimate of drug-likeness (QED) is 0.582. The smallest absolute Gasteiger partial charge is 0.303 e. The molecule has 0 unspecified atom stereocenters. The molecule has 6 nitrogen and oxygen atoms in total. The van der Waals surface area contributed by atoms with Gasteiger partial charge in [0.05, 0.1) is 19.3 Å². The van der Waals surface area contributed by atoms with Gasteiger partial charge in [-0.2, -0.15) is 0 Å². The van der Waals surface area contributed by atoms with Gasteiger partial charge in [-0.1, -0.05) is 6.92 Å². The summed E-state index contributed by atoms with van der Waals surface area (Å²) >= 11 is 0. The highest BCUT2D eigenvalue weighted by molar-refractivity contribution is 5.75. The lowest BCUT2D eigenvalue weighted by Crippen LogP contribution is -2.29. The summed E-state index contributed by atoms with van der Waals surface area (Å²) in [6.45, 7) is 1.59. The van der Waals surface area contributed by atoms with Crippen LogP contribution >= 0.6 is 0 Å². The van der Waals surface area contributed by atoms with Gasteiger partial charge < -0.3 is 15.3 Å². The van der Waals surface area contributed by atoms with Crippen molar-refractivity contribution in [3.8, 4) is 0 Å². The van der Waals surface area contributed by atoms with E-state index in [2.05, 4.69) is 0 Å². The molecule has 0 bridgehead atoms. The number of carboxylic acids is 3. The fourth-order valence-electron chi connectivity index (χ4n) is 1.52. The molecule has 0 rings (SSSR count). The summed E-state index contributed by atoms with van der Waals surface area (Å²) in [7, 11) is 0. The van der Waals surface area contributed by atoms with E-state index in [4.69, 9.17) is 15.3 Å². The third-order valence-corrected chi connectivity index (χ3v) is 2.33. The molecular formula is C9H14O6. The second-order valence-corrected chi connectivity index (χ2v) is 3.57. The SMILES string of the molecule is CCC(CC(=O)O)(CC(=O)O)CC(=O)O. The van der Waals surface area contributed by atoms with Crippen molar-refractivity contribution < 1.29 is 29.7 Å². The Morgan fingerprint density at radius 1 is 0.867 bits per heavy atom. The van der Waals surface area contributed by atoms with Crippen molar-refractivity contribution in [2.75, 3.05) is 0 Å². The summed E-state index contributed by atoms with van der Waals surface area (Å²) in [5.74, 6) is -3.54. The Morgan fingerprint density at radius 3 is 1.27 bits per heavy atom. The van der Waals surface area contributed by atoms with Crippen molar-refractivity contribution in [2.45, 2.75) is 32.6 Å². The van der Waals surface area contributed by atoms with Crippen LogP contribution in [-0.2, 0) is 14.4 Å². The molecule has 15 heavy (non-hydrogen) atoms. The van der Waals surface area contributed by atoms with Crippen LogP contribution in [0, 0.1) is 5.41 Å². The maximum atomic E-state index is 10.6. The number of carboxylic acid groups (broad SMARTS) is 3. The molecule has 86 valence electrons. The zero-order valence-corrected chi connectivity index (χ0v) is 8.39. The van der Waals surface area contributed by atoms with Crippen molar-refractivity contribution in [1.29, 1.82) is 0 Å². The Balaban J connectivity index is 4.81. The fourth-order valence-corrected chi connectivity index (χ4v) is 1.52. The van der Waals surface area contributed by atoms with Crippen LogP contribution in [0.2, 0.25) is 0 Å². The van der Waals surface area contributed by atoms with Gasteiger partial charge in [-0.15, -0.1) is 0 Å². The average molecular weight is 218 g/mol. The van der Waals surface area contributed by atoms with Gasteiger partial charge in [0.15, 0.2) is 0 Å². The average Bonchev–Trinajstić information content (AvgIpc) is 1.99. The standard InChI is InChI=1S/C9H14O6/c1-2-9(3-6(10)11,4-7(12)13)5-8(14)15/h2-5H2,1H3,(H,10,11)(H,12,13)(H,14,15). The van der Waals surface area contributed by atoms with E-state index in [9.17, 15) is 14.4 Å². The second-order valence-electron chi connectivity index (χ2n) is 3.57. The van der Waals surface area contributed by atoms with Crippen LogP contribution in [0.5, 0.6) is 0 Å². The summed E-state index contributed by atoms with van der Waals surface area (Å²) in [4.78, 5) is 31.7. The van der Waals surface area contributed by atoms with Crippen LogP contribution in [0.3, 0.4) is 0 Å². The molecule has 0 aliphatic carbocycles. The molecule has 0 spiro atoms. The van der Waals surface area contributed by atoms with Crippen molar-refractivity contribution in [3.63, 3.8) is 0 Å². The van der Waals surface area contributed by atoms with E-state index in [0.717, 1.165) is 0 Å². The number of carbonyl (C=O) groups is 3. The minimum absolute atomic E-state index is 0.206. The normalized spacial score (nSPS) is 11.0. The molecule has 0 amide bonds. The van der Waals surface area contributed by atoms with Crippen molar-refractivity contribution in [3.05, 3.63) is 0 Å². The molecule has 0 fully saturated rings. The maximum absolute atomic E-state index is 10.6. The van der Waals surface area contributed by atoms with Crippen molar-refractivity contribution in [2.24, 2.45) is 5.41 Å². The third kappa shape index (κ3) is 4.99. The summed E-state index contributed by atoms with van der Waals surface area (Å²) in [5, 5.41) is 25.9. The van der Waals surface area contributed by atoms with Gasteiger partial charge in [-0.25, -0.2) is 0 Å². The molecule has 0 aliphatic rings. The molecule has 3 N–H and O–H groups in total. The molecule has 0 atom stereocenters. The first-order valence-electron chi connectivity index (χ1n) is 4.47. The van der Waals surface area contributed by atoms with Crippen LogP contribution < -0.4 is 0 Å². The predicted octanol–water partition coefficient (Wildman–Crippen LogP) is 0.807. The van der Waals surface area contributed by atoms with Crippen LogP contribution in [-0.4, -0.2) is 33.2 Å². The minimum Gasteiger partial charge on any atom is -0.481 e. The van der Waals surface area contributed by atoms with E-state index in [1.54, 1.807) is 6.92 Å². The first-order valence-corrected chi connectivity index (χ1v) is 4.47. The lowest BCUT2D eigenvalue weighted by molar-refractivity contribution is -0.147. The summed E-state index contributed by atoms with van der Waals surface area (Å²) in [6.07, 6.45) is -1.12. The number of hydrogen-bond donors (Lipinski definition) is 3. The topological polar surface area (TPSA) is 112 Å². The van der Waals surface area contributed by atoms with E-state index in [0.29, 0.717) is 0 Å². The van der Waals surface area contributed by atoms with E-state index in [1.165, 1.54) is 0 Å². The number of rotatable bonds is 7. The highest BCUT2D eigenvalue weighted by Crippen LogP contribution is 2.34. The molecular weight excluding hydrogens is 204 g/mol. The Kier molecular flexibility index (Phi) is 4.77. The Bertz CT molecular complexity index is 229. The zero-order chi connectivity index (χ0) is 12.1. The molecule has 0 aromatic carbocycles. The summed E-state index contributed by atoms with van der Waals surface area (Å²) in [5.41, 5.74) is -1.19. The molecule has 0 radical (unpaired) electrons. The summed E-state index contributed by atoms with van der Waals surface area (Å²) in [6, 6.07) is 0. The molecule has 0 saturated carbocycles. The fraction of sp³-hybridized carbons (Fsp3) is 0.667. The van der Waals surface area contributed by atoms with Gasteiger partial charge in [-0.3, -0.25) is 14.4 Å². The van der Waals surface area contributed by atoms with E-state index < -0.39 is 42.6 Å². The Hall–Kier alpha value is -1.59. The van der Waals surface area contributed by atoms with E-state index >= 15 is 0 Å². The highest BCUT2D eigenvalue weighted by atomic mass is 16.4. The van der Waals surface area contributed by atoms with Gasteiger partial charge in [0.1, 0.15) is 0 Å². The van der Waals surface area contributed by atoms with Crippen LogP contribution in [0.25, 0.3) is 0 Å². The van der Waals surface area contributed by atoms with Crippen molar-refractivity contribution in [1.82, 2.24) is 0 Å². The Labute approximate surface area is 86.5 Å². The molecule has 0 aliphatic heterocycles. The monoisotopic (exact) mass is 218 g/mol. The largest absolute Gasteiger partial charge is 0.481 e. The van der Waals surface area contributed by atoms with Crippen molar-refractivity contribution >= 4 is 17.9 Å². The van der Waals surface area contributed by atoms with E-state index in [-0.39, 0.29) is 6.42 Å². The minimum atomic E-state index is -1.19. The molecule has 0 heterocycles. The third-order valence-electron chi connectivity index (χ3n) is 2.33. The highest BCUT2D eigenvalue weighted by Gasteiger charge is 2.35. The summed E-state index contributed by atoms with van der Waals surface area (Å²) < 4.78 is 0. The lowest BCUT2D eigenvalue weighted by Gasteiger charge is -2.27. The number of aliphatic carboxylic acids is 3. The first-order chi connectivity index (χ1) is 6.81. The van der Waals surface area contributed by atoms with Gasteiger partial charge in [-0.05, 0) is 6.42 Å². The van der Waals surface area contributed by atoms with E-state index in [1.807, 2.05) is 0 Å². The first kappa shape index (κ1) is 13.4. The van der Waals surface area contributed by atoms with Crippen LogP contribution in [0.4, 0.5) is 0 Å². The van der Waals surface area contributed by atoms with Gasteiger partial charge in [0.25, 0.3) is 0 Å². The molecule has 0 saturated heterocycles. The lowest BCUT2D eigenvalue weighted by atomic mass is 9.76. The molecule has 6 heteroatoms. The predicted molar refractivity (Wildman–Crippen MR) is 49.5 cm³/mol. The maximum Gasteiger partial charge on any atom is 0.303 e. The van der Waals surface area contributed by atoms with Gasteiger partial charge >= 0.3 is 17.9 Å². The molecule has 0 aromatic rings. The zero-order valence-electron chi connectivity index (χ0n) is 8.39. The van der Waals surface area contributed by atoms with Gasteiger partial charge in [0.2, 0.25) is 0 Å². The van der Waals surface area contributed by atoms with Crippen LogP contribution in [0.1, 0.15) is 32.6 Å². The van der Waals surface area contributed by atoms with Gasteiger partial charge in [0, 0.05) is 5.41 Å². The number of hydrogen-bond acceptors (Lipinski definition) is 3. The second kappa shape index (κ2) is 5.33. The van der Waals surface area contributed by atoms with Crippen LogP contribution in [0.15, 0.2) is 0 Å². The Morgan fingerprint density at radius 2 is 1.13 bits per heavy atom.